The number of nitrogens with zero attached hydrogens (tertiary/aromatic N) is 1. The Labute approximate surface area is 158 Å². The lowest BCUT2D eigenvalue weighted by atomic mass is 10.0. The van der Waals surface area contributed by atoms with Crippen LogP contribution in [0.5, 0.6) is 17.2 Å². The smallest absolute Gasteiger partial charge is 0.261 e. The predicted octanol–water partition coefficient (Wildman–Crippen LogP) is 4.10. The van der Waals surface area contributed by atoms with Crippen LogP contribution < -0.4 is 14.2 Å². The van der Waals surface area contributed by atoms with Gasteiger partial charge < -0.3 is 19.1 Å². The molecule has 1 heterocycles. The minimum Gasteiger partial charge on any atom is -0.497 e. The molecule has 2 aromatic rings. The van der Waals surface area contributed by atoms with Gasteiger partial charge in [0, 0.05) is 12.1 Å². The van der Waals surface area contributed by atoms with Gasteiger partial charge in [0.1, 0.15) is 17.2 Å². The molecule has 1 saturated heterocycles. The molecule has 1 fully saturated rings. The molecular formula is C20H22ClNO4. The van der Waals surface area contributed by atoms with Crippen LogP contribution >= 0.6 is 11.6 Å². The molecule has 1 atom stereocenters. The maximum Gasteiger partial charge on any atom is 0.261 e. The molecule has 5 nitrogen and oxygen atoms in total. The van der Waals surface area contributed by atoms with Gasteiger partial charge in [0.2, 0.25) is 0 Å². The maximum atomic E-state index is 12.8. The summed E-state index contributed by atoms with van der Waals surface area (Å²) in [6.45, 7) is 0.641. The predicted molar refractivity (Wildman–Crippen MR) is 100 cm³/mol. The fourth-order valence-corrected chi connectivity index (χ4v) is 3.46. The van der Waals surface area contributed by atoms with Gasteiger partial charge in [-0.2, -0.15) is 0 Å². The second-order valence-electron chi connectivity index (χ2n) is 6.07. The molecule has 0 aromatic heterocycles. The lowest BCUT2D eigenvalue weighted by molar-refractivity contribution is -0.134. The maximum absolute atomic E-state index is 12.8. The van der Waals surface area contributed by atoms with Crippen molar-refractivity contribution >= 4 is 17.5 Å². The zero-order valence-corrected chi connectivity index (χ0v) is 15.7. The van der Waals surface area contributed by atoms with Crippen molar-refractivity contribution in [2.45, 2.75) is 18.9 Å². The van der Waals surface area contributed by atoms with E-state index in [2.05, 4.69) is 0 Å². The molecule has 1 aliphatic rings. The third-order valence-corrected chi connectivity index (χ3v) is 4.87. The summed E-state index contributed by atoms with van der Waals surface area (Å²) in [7, 11) is 3.26. The first kappa shape index (κ1) is 18.4. The van der Waals surface area contributed by atoms with Gasteiger partial charge in [0.15, 0.2) is 6.61 Å². The molecule has 0 saturated carbocycles. The minimum atomic E-state index is -0.0720. The fourth-order valence-electron chi connectivity index (χ4n) is 3.27. The Bertz CT molecular complexity index is 780. The number of halogens is 1. The zero-order chi connectivity index (χ0) is 18.5. The third-order valence-electron chi connectivity index (χ3n) is 4.56. The Kier molecular flexibility index (Phi) is 5.89. The molecule has 0 radical (unpaired) electrons. The molecule has 1 aliphatic heterocycles. The SMILES string of the molecule is COc1ccc(OC)c([C@H]2CCCN2C(=O)COc2ccccc2Cl)c1. The van der Waals surface area contributed by atoms with Gasteiger partial charge in [-0.3, -0.25) is 4.79 Å². The van der Waals surface area contributed by atoms with Crippen LogP contribution in [0, 0.1) is 0 Å². The third kappa shape index (κ3) is 3.88. The number of rotatable bonds is 6. The Morgan fingerprint density at radius 1 is 1.15 bits per heavy atom. The van der Waals surface area contributed by atoms with E-state index in [0.29, 0.717) is 17.3 Å². The summed E-state index contributed by atoms with van der Waals surface area (Å²) in [5, 5.41) is 0.493. The largest absolute Gasteiger partial charge is 0.497 e. The number of benzene rings is 2. The Morgan fingerprint density at radius 2 is 1.96 bits per heavy atom. The van der Waals surface area contributed by atoms with E-state index in [1.54, 1.807) is 26.4 Å². The first-order chi connectivity index (χ1) is 12.6. The van der Waals surface area contributed by atoms with Crippen LogP contribution in [0.2, 0.25) is 5.02 Å². The average Bonchev–Trinajstić information content (AvgIpc) is 3.16. The van der Waals surface area contributed by atoms with Gasteiger partial charge in [-0.25, -0.2) is 0 Å². The number of likely N-dealkylation sites (tertiary alicyclic amines) is 1. The van der Waals surface area contributed by atoms with E-state index in [9.17, 15) is 4.79 Å². The van der Waals surface area contributed by atoms with Crippen LogP contribution in [-0.2, 0) is 4.79 Å². The second kappa shape index (κ2) is 8.32. The van der Waals surface area contributed by atoms with Crippen molar-refractivity contribution in [2.24, 2.45) is 0 Å². The highest BCUT2D eigenvalue weighted by atomic mass is 35.5. The number of hydrogen-bond donors (Lipinski definition) is 0. The number of hydrogen-bond acceptors (Lipinski definition) is 4. The van der Waals surface area contributed by atoms with Gasteiger partial charge in [-0.15, -0.1) is 0 Å². The minimum absolute atomic E-state index is 0.0491. The van der Waals surface area contributed by atoms with Crippen LogP contribution in [0.1, 0.15) is 24.4 Å². The number of amides is 1. The van der Waals surface area contributed by atoms with Gasteiger partial charge in [-0.05, 0) is 43.2 Å². The van der Waals surface area contributed by atoms with Gasteiger partial charge >= 0.3 is 0 Å². The molecule has 0 aliphatic carbocycles. The summed E-state index contributed by atoms with van der Waals surface area (Å²) in [5.41, 5.74) is 0.954. The zero-order valence-electron chi connectivity index (χ0n) is 14.9. The van der Waals surface area contributed by atoms with E-state index >= 15 is 0 Å². The number of para-hydroxylation sites is 1. The molecule has 26 heavy (non-hydrogen) atoms. The highest BCUT2D eigenvalue weighted by molar-refractivity contribution is 6.32. The van der Waals surface area contributed by atoms with E-state index in [-0.39, 0.29) is 18.6 Å². The van der Waals surface area contributed by atoms with Crippen molar-refractivity contribution in [3.05, 3.63) is 53.1 Å². The topological polar surface area (TPSA) is 48.0 Å². The normalized spacial score (nSPS) is 16.4. The highest BCUT2D eigenvalue weighted by Gasteiger charge is 2.32. The Hall–Kier alpha value is -2.40. The molecule has 0 bridgehead atoms. The van der Waals surface area contributed by atoms with E-state index in [4.69, 9.17) is 25.8 Å². The summed E-state index contributed by atoms with van der Waals surface area (Å²) in [5.74, 6) is 1.93. The number of carbonyl (C=O) groups is 1. The van der Waals surface area contributed by atoms with Crippen molar-refractivity contribution in [1.29, 1.82) is 0 Å². The lowest BCUT2D eigenvalue weighted by Gasteiger charge is -2.26. The van der Waals surface area contributed by atoms with Gasteiger partial charge in [-0.1, -0.05) is 23.7 Å². The molecule has 0 N–H and O–H groups in total. The molecule has 1 amide bonds. The van der Waals surface area contributed by atoms with Gasteiger partial charge in [0.25, 0.3) is 5.91 Å². The summed E-state index contributed by atoms with van der Waals surface area (Å²) >= 11 is 6.08. The Balaban J connectivity index is 1.75. The van der Waals surface area contributed by atoms with Crippen molar-refractivity contribution in [3.63, 3.8) is 0 Å². The average molecular weight is 376 g/mol. The van der Waals surface area contributed by atoms with Crippen molar-refractivity contribution in [1.82, 2.24) is 4.90 Å². The highest BCUT2D eigenvalue weighted by Crippen LogP contribution is 2.39. The lowest BCUT2D eigenvalue weighted by Crippen LogP contribution is -2.34. The summed E-state index contributed by atoms with van der Waals surface area (Å²) < 4.78 is 16.4. The molecule has 0 spiro atoms. The van der Waals surface area contributed by atoms with Crippen LogP contribution in [0.15, 0.2) is 42.5 Å². The fraction of sp³-hybridized carbons (Fsp3) is 0.350. The molecule has 2 aromatic carbocycles. The Morgan fingerprint density at radius 3 is 2.69 bits per heavy atom. The first-order valence-electron chi connectivity index (χ1n) is 8.52. The number of carbonyl (C=O) groups excluding carboxylic acids is 1. The monoisotopic (exact) mass is 375 g/mol. The molecule has 138 valence electrons. The summed E-state index contributed by atoms with van der Waals surface area (Å²) in [6.07, 6.45) is 1.81. The van der Waals surface area contributed by atoms with Crippen molar-refractivity contribution in [2.75, 3.05) is 27.4 Å². The summed E-state index contributed by atoms with van der Waals surface area (Å²) in [6, 6.07) is 12.7. The first-order valence-corrected chi connectivity index (χ1v) is 8.90. The molecule has 3 rings (SSSR count). The van der Waals surface area contributed by atoms with Crippen LogP contribution in [-0.4, -0.2) is 38.2 Å². The van der Waals surface area contributed by atoms with E-state index in [0.717, 1.165) is 29.9 Å². The number of methoxy groups -OCH3 is 2. The second-order valence-corrected chi connectivity index (χ2v) is 6.48. The molecule has 6 heteroatoms. The number of ether oxygens (including phenoxy) is 3. The van der Waals surface area contributed by atoms with Gasteiger partial charge in [0.05, 0.1) is 25.3 Å². The summed E-state index contributed by atoms with van der Waals surface area (Å²) in [4.78, 5) is 14.6. The van der Waals surface area contributed by atoms with E-state index < -0.39 is 0 Å². The molecular weight excluding hydrogens is 354 g/mol. The molecule has 0 unspecified atom stereocenters. The standard InChI is InChI=1S/C20H22ClNO4/c1-24-14-9-10-18(25-2)15(12-14)17-7-5-11-22(17)20(23)13-26-19-8-4-3-6-16(19)21/h3-4,6,8-10,12,17H,5,7,11,13H2,1-2H3/t17-/m1/s1. The van der Waals surface area contributed by atoms with Crippen LogP contribution in [0.4, 0.5) is 0 Å². The van der Waals surface area contributed by atoms with E-state index in [1.807, 2.05) is 35.2 Å². The van der Waals surface area contributed by atoms with Crippen molar-refractivity contribution < 1.29 is 19.0 Å². The van der Waals surface area contributed by atoms with Crippen LogP contribution in [0.3, 0.4) is 0 Å². The quantitative estimate of drug-likeness (QED) is 0.762. The van der Waals surface area contributed by atoms with E-state index in [1.165, 1.54) is 0 Å². The van der Waals surface area contributed by atoms with Crippen LogP contribution in [0.25, 0.3) is 0 Å². The van der Waals surface area contributed by atoms with Crippen molar-refractivity contribution in [3.8, 4) is 17.2 Å².